The van der Waals surface area contributed by atoms with Crippen LogP contribution in [0, 0.1) is 55.4 Å². The molecular weight excluding hydrogens is 429 g/mol. The zero-order chi connectivity index (χ0) is 12.3. The molecule has 0 saturated carbocycles. The van der Waals surface area contributed by atoms with Gasteiger partial charge in [0.2, 0.25) is 0 Å². The predicted octanol–water partition coefficient (Wildman–Crippen LogP) is 1.03. The van der Waals surface area contributed by atoms with Crippen LogP contribution in [0.1, 0.15) is 13.8 Å². The summed E-state index contributed by atoms with van der Waals surface area (Å²) in [6.45, 7) is 3.42. The normalized spacial score (nSPS) is 18.9. The Labute approximate surface area is 139 Å². The third kappa shape index (κ3) is 4.43. The minimum Gasteiger partial charge on any atom is -0.395 e. The average molecular weight is 449 g/mol. The molecule has 0 saturated heterocycles. The number of aliphatic hydroxyl groups excluding tert-OH is 1. The van der Waals surface area contributed by atoms with Gasteiger partial charge in [-0.1, -0.05) is 26.0 Å². The second-order valence-electron chi connectivity index (χ2n) is 4.97. The molecular formula is C13H20AcNO2+. The van der Waals surface area contributed by atoms with Crippen molar-refractivity contribution in [2.45, 2.75) is 13.8 Å². The molecule has 0 aromatic heterocycles. The van der Waals surface area contributed by atoms with Crippen LogP contribution in [0.25, 0.3) is 0 Å². The second-order valence-corrected chi connectivity index (χ2v) is 4.97. The van der Waals surface area contributed by atoms with Gasteiger partial charge in [0.1, 0.15) is 14.1 Å². The Bertz CT molecular complexity index is 361. The predicted molar refractivity (Wildman–Crippen MR) is 64.8 cm³/mol. The molecule has 1 N–H and O–H groups in total. The van der Waals surface area contributed by atoms with Gasteiger partial charge < -0.3 is 5.11 Å². The Morgan fingerprint density at radius 1 is 1.35 bits per heavy atom. The summed E-state index contributed by atoms with van der Waals surface area (Å²) in [6.07, 6.45) is 7.65. The molecule has 0 atom stereocenters. The molecule has 1 rings (SSSR count). The maximum absolute atomic E-state index is 12.0. The van der Waals surface area contributed by atoms with Crippen molar-refractivity contribution in [3.8, 4) is 0 Å². The standard InChI is InChI=1S/C13H20NO2.Ac/c1-13(2,9-15)12(16)10-5-7-11(8-6-10)14(3)4;/h5-8,10,15H,9H2,1-4H3;/q+1;. The first-order valence-corrected chi connectivity index (χ1v) is 5.44. The van der Waals surface area contributed by atoms with Crippen LogP contribution in [0.4, 0.5) is 0 Å². The van der Waals surface area contributed by atoms with E-state index in [-0.39, 0.29) is 62.4 Å². The molecule has 0 aliphatic heterocycles. The number of rotatable bonds is 3. The van der Waals surface area contributed by atoms with Gasteiger partial charge in [0.15, 0.2) is 11.5 Å². The summed E-state index contributed by atoms with van der Waals surface area (Å²) < 4.78 is 1.99. The fraction of sp³-hybridized carbons (Fsp3) is 0.538. The third-order valence-corrected chi connectivity index (χ3v) is 2.83. The fourth-order valence-corrected chi connectivity index (χ4v) is 1.53. The molecule has 1 radical (unpaired) electrons. The molecule has 0 heterocycles. The largest absolute Gasteiger partial charge is 0.395 e. The Kier molecular flexibility index (Phi) is 7.06. The van der Waals surface area contributed by atoms with Crippen molar-refractivity contribution in [1.82, 2.24) is 0 Å². The second kappa shape index (κ2) is 6.97. The van der Waals surface area contributed by atoms with Crippen LogP contribution in [-0.4, -0.2) is 41.9 Å². The fourth-order valence-electron chi connectivity index (χ4n) is 1.53. The van der Waals surface area contributed by atoms with Crippen LogP contribution in [0.5, 0.6) is 0 Å². The number of ketones is 1. The molecule has 0 aromatic rings. The number of allylic oxidation sites excluding steroid dienone is 4. The van der Waals surface area contributed by atoms with E-state index in [4.69, 9.17) is 5.11 Å². The Hall–Kier alpha value is 0.222. The summed E-state index contributed by atoms with van der Waals surface area (Å²) in [4.78, 5) is 12.0. The third-order valence-electron chi connectivity index (χ3n) is 2.83. The van der Waals surface area contributed by atoms with Crippen molar-refractivity contribution in [2.75, 3.05) is 20.7 Å². The first-order chi connectivity index (χ1) is 7.38. The monoisotopic (exact) mass is 449 g/mol. The van der Waals surface area contributed by atoms with Crippen molar-refractivity contribution >= 4 is 11.5 Å². The van der Waals surface area contributed by atoms with E-state index in [9.17, 15) is 4.79 Å². The quantitative estimate of drug-likeness (QED) is 0.655. The molecule has 0 amide bonds. The summed E-state index contributed by atoms with van der Waals surface area (Å²) in [7, 11) is 3.92. The molecule has 1 aliphatic rings. The van der Waals surface area contributed by atoms with Crippen molar-refractivity contribution < 1.29 is 58.5 Å². The van der Waals surface area contributed by atoms with Crippen molar-refractivity contribution in [3.05, 3.63) is 24.3 Å². The topological polar surface area (TPSA) is 40.3 Å². The van der Waals surface area contributed by atoms with Gasteiger partial charge in [-0.05, 0) is 0 Å². The zero-order valence-corrected chi connectivity index (χ0v) is 15.7. The molecule has 0 fully saturated rings. The minimum atomic E-state index is -0.672. The maximum Gasteiger partial charge on any atom is 0.198 e. The van der Waals surface area contributed by atoms with E-state index >= 15 is 0 Å². The van der Waals surface area contributed by atoms with Gasteiger partial charge in [0, 0.05) is 61.6 Å². The molecule has 0 spiro atoms. The van der Waals surface area contributed by atoms with Gasteiger partial charge in [-0.2, -0.15) is 0 Å². The molecule has 0 bridgehead atoms. The van der Waals surface area contributed by atoms with Crippen LogP contribution in [0.15, 0.2) is 24.3 Å². The van der Waals surface area contributed by atoms with Gasteiger partial charge in [0.05, 0.1) is 12.5 Å². The number of aliphatic hydroxyl groups is 1. The number of nitrogens with zero attached hydrogens (tertiary/aromatic N) is 1. The Morgan fingerprint density at radius 2 is 1.82 bits per heavy atom. The summed E-state index contributed by atoms with van der Waals surface area (Å²) in [5.41, 5.74) is 0.403. The summed E-state index contributed by atoms with van der Waals surface area (Å²) in [5, 5.41) is 9.15. The van der Waals surface area contributed by atoms with Gasteiger partial charge in [-0.3, -0.25) is 4.79 Å². The summed E-state index contributed by atoms with van der Waals surface area (Å²) >= 11 is 0. The van der Waals surface area contributed by atoms with Crippen LogP contribution >= 0.6 is 0 Å². The number of hydrogen-bond donors (Lipinski definition) is 1. The van der Waals surface area contributed by atoms with Crippen molar-refractivity contribution in [2.24, 2.45) is 11.3 Å². The summed E-state index contributed by atoms with van der Waals surface area (Å²) in [5.74, 6) is -0.161. The van der Waals surface area contributed by atoms with Crippen LogP contribution in [0.2, 0.25) is 0 Å². The maximum atomic E-state index is 12.0. The van der Waals surface area contributed by atoms with Gasteiger partial charge in [0.25, 0.3) is 0 Å². The van der Waals surface area contributed by atoms with Crippen LogP contribution < -0.4 is 0 Å². The Balaban J connectivity index is 0.00000256. The van der Waals surface area contributed by atoms with Crippen LogP contribution in [0.3, 0.4) is 0 Å². The number of carbonyl (C=O) groups excluding carboxylic acids is 1. The molecule has 1 aliphatic carbocycles. The molecule has 17 heavy (non-hydrogen) atoms. The molecule has 0 aromatic carbocycles. The van der Waals surface area contributed by atoms with E-state index in [1.54, 1.807) is 13.8 Å². The van der Waals surface area contributed by atoms with E-state index in [1.807, 2.05) is 43.0 Å². The van der Waals surface area contributed by atoms with Gasteiger partial charge >= 0.3 is 0 Å². The molecule has 4 heteroatoms. The van der Waals surface area contributed by atoms with Gasteiger partial charge in [-0.15, -0.1) is 0 Å². The summed E-state index contributed by atoms with van der Waals surface area (Å²) in [6, 6.07) is 0. The zero-order valence-electron chi connectivity index (χ0n) is 11.0. The first-order valence-electron chi connectivity index (χ1n) is 5.44. The van der Waals surface area contributed by atoms with E-state index < -0.39 is 5.41 Å². The van der Waals surface area contributed by atoms with Crippen LogP contribution in [-0.2, 0) is 4.79 Å². The smallest absolute Gasteiger partial charge is 0.198 e. The van der Waals surface area contributed by atoms with Gasteiger partial charge in [-0.25, -0.2) is 4.58 Å². The van der Waals surface area contributed by atoms with Crippen molar-refractivity contribution in [3.63, 3.8) is 0 Å². The Morgan fingerprint density at radius 3 is 2.18 bits per heavy atom. The number of Topliss-reactive ketones (excluding diaryl/α,β-unsaturated/α-hetero) is 1. The minimum absolute atomic E-state index is 0. The first kappa shape index (κ1) is 17.2. The molecule has 0 unspecified atom stereocenters. The molecule has 3 nitrogen and oxygen atoms in total. The number of hydrogen-bond acceptors (Lipinski definition) is 2. The van der Waals surface area contributed by atoms with E-state index in [0.29, 0.717) is 0 Å². The number of carbonyl (C=O) groups is 1. The van der Waals surface area contributed by atoms with E-state index in [1.165, 1.54) is 0 Å². The SMILES string of the molecule is C[N+](C)=C1C=CC(C(=O)C(C)(C)CO)C=C1.[Ac]. The average Bonchev–Trinajstić information content (AvgIpc) is 2.28. The van der Waals surface area contributed by atoms with Crippen molar-refractivity contribution in [1.29, 1.82) is 0 Å². The van der Waals surface area contributed by atoms with E-state index in [0.717, 1.165) is 5.71 Å². The molecule has 91 valence electrons. The van der Waals surface area contributed by atoms with E-state index in [2.05, 4.69) is 0 Å².